The summed E-state index contributed by atoms with van der Waals surface area (Å²) < 4.78 is 0.634. The summed E-state index contributed by atoms with van der Waals surface area (Å²) in [6.07, 6.45) is 2.43. The smallest absolute Gasteiger partial charge is 0.253 e. The molecule has 17 heavy (non-hydrogen) atoms. The van der Waals surface area contributed by atoms with E-state index in [2.05, 4.69) is 27.3 Å². The monoisotopic (exact) mass is 312 g/mol. The summed E-state index contributed by atoms with van der Waals surface area (Å²) in [6, 6.07) is 7.13. The van der Waals surface area contributed by atoms with Crippen molar-refractivity contribution in [2.75, 3.05) is 0 Å². The van der Waals surface area contributed by atoms with Gasteiger partial charge in [-0.1, -0.05) is 11.6 Å². The van der Waals surface area contributed by atoms with Crippen molar-refractivity contribution >= 4 is 33.4 Å². The second-order valence-corrected chi connectivity index (χ2v) is 5.42. The summed E-state index contributed by atoms with van der Waals surface area (Å²) in [5.74, 6) is -0.241. The molecule has 0 radical (unpaired) electrons. The highest BCUT2D eigenvalue weighted by Crippen LogP contribution is 2.32. The molecule has 0 atom stereocenters. The lowest BCUT2D eigenvalue weighted by molar-refractivity contribution is 0.0880. The van der Waals surface area contributed by atoms with E-state index in [4.69, 9.17) is 16.9 Å². The number of carbonyl (C=O) groups is 1. The minimum Gasteiger partial charge on any atom is -0.334 e. The molecule has 1 aromatic carbocycles. The van der Waals surface area contributed by atoms with E-state index >= 15 is 0 Å². The molecule has 3 nitrogen and oxygen atoms in total. The highest BCUT2D eigenvalue weighted by molar-refractivity contribution is 9.10. The number of hydrogen-bond donors (Lipinski definition) is 1. The Morgan fingerprint density at radius 3 is 2.71 bits per heavy atom. The van der Waals surface area contributed by atoms with Crippen LogP contribution in [0.25, 0.3) is 0 Å². The van der Waals surface area contributed by atoms with E-state index in [-0.39, 0.29) is 5.91 Å². The number of carbonyl (C=O) groups excluding carboxylic acids is 1. The van der Waals surface area contributed by atoms with Crippen LogP contribution in [-0.2, 0) is 0 Å². The molecule has 1 aliphatic carbocycles. The van der Waals surface area contributed by atoms with Gasteiger partial charge in [0.2, 0.25) is 0 Å². The molecule has 0 unspecified atom stereocenters. The van der Waals surface area contributed by atoms with Gasteiger partial charge in [0.15, 0.2) is 0 Å². The molecule has 1 saturated carbocycles. The molecule has 1 fully saturated rings. The van der Waals surface area contributed by atoms with Crippen molar-refractivity contribution in [2.24, 2.45) is 0 Å². The van der Waals surface area contributed by atoms with Crippen LogP contribution in [-0.4, -0.2) is 11.4 Å². The first-order valence-corrected chi connectivity index (χ1v) is 6.42. The summed E-state index contributed by atoms with van der Waals surface area (Å²) in [5.41, 5.74) is -0.174. The van der Waals surface area contributed by atoms with Gasteiger partial charge in [0, 0.05) is 9.50 Å². The quantitative estimate of drug-likeness (QED) is 0.911. The molecule has 1 aliphatic rings. The summed E-state index contributed by atoms with van der Waals surface area (Å²) >= 11 is 9.10. The number of amides is 1. The van der Waals surface area contributed by atoms with Crippen LogP contribution in [0.3, 0.4) is 0 Å². The highest BCUT2D eigenvalue weighted by Gasteiger charge is 2.38. The number of benzene rings is 1. The fraction of sp³-hybridized carbons (Fsp3) is 0.333. The van der Waals surface area contributed by atoms with Crippen molar-refractivity contribution in [1.29, 1.82) is 5.26 Å². The average molecular weight is 314 g/mol. The molecule has 0 aromatic heterocycles. The Morgan fingerprint density at radius 2 is 2.24 bits per heavy atom. The van der Waals surface area contributed by atoms with Crippen LogP contribution in [0.4, 0.5) is 0 Å². The van der Waals surface area contributed by atoms with Crippen LogP contribution in [0, 0.1) is 11.3 Å². The zero-order valence-electron chi connectivity index (χ0n) is 8.96. The van der Waals surface area contributed by atoms with E-state index in [9.17, 15) is 4.79 Å². The number of halogens is 2. The van der Waals surface area contributed by atoms with E-state index in [0.717, 1.165) is 19.3 Å². The van der Waals surface area contributed by atoms with Gasteiger partial charge in [-0.3, -0.25) is 4.79 Å². The molecule has 0 spiro atoms. The van der Waals surface area contributed by atoms with Crippen LogP contribution in [0.5, 0.6) is 0 Å². The molecule has 2 rings (SSSR count). The van der Waals surface area contributed by atoms with E-state index in [0.29, 0.717) is 15.1 Å². The van der Waals surface area contributed by atoms with Crippen LogP contribution in [0.15, 0.2) is 22.7 Å². The van der Waals surface area contributed by atoms with Gasteiger partial charge in [0.1, 0.15) is 5.54 Å². The van der Waals surface area contributed by atoms with Gasteiger partial charge in [0.05, 0.1) is 11.6 Å². The maximum Gasteiger partial charge on any atom is 0.253 e. The molecular weight excluding hydrogens is 304 g/mol. The van der Waals surface area contributed by atoms with Crippen LogP contribution in [0.2, 0.25) is 5.02 Å². The van der Waals surface area contributed by atoms with Crippen molar-refractivity contribution in [3.63, 3.8) is 0 Å². The van der Waals surface area contributed by atoms with E-state index in [1.807, 2.05) is 0 Å². The third-order valence-corrected chi connectivity index (χ3v) is 3.84. The summed E-state index contributed by atoms with van der Waals surface area (Å²) in [5, 5.41) is 12.4. The summed E-state index contributed by atoms with van der Waals surface area (Å²) in [4.78, 5) is 12.0. The van der Waals surface area contributed by atoms with E-state index in [1.165, 1.54) is 0 Å². The topological polar surface area (TPSA) is 52.9 Å². The normalized spacial score (nSPS) is 16.8. The number of nitriles is 1. The molecule has 1 N–H and O–H groups in total. The highest BCUT2D eigenvalue weighted by atomic mass is 79.9. The third kappa shape index (κ3) is 2.46. The molecule has 0 saturated heterocycles. The first-order valence-electron chi connectivity index (χ1n) is 5.25. The van der Waals surface area contributed by atoms with Crippen molar-refractivity contribution in [2.45, 2.75) is 24.8 Å². The Kier molecular flexibility index (Phi) is 3.41. The first kappa shape index (κ1) is 12.4. The van der Waals surface area contributed by atoms with E-state index < -0.39 is 5.54 Å². The Hall–Kier alpha value is -1.05. The Morgan fingerprint density at radius 1 is 1.53 bits per heavy atom. The zero-order chi connectivity index (χ0) is 12.5. The molecule has 0 bridgehead atoms. The largest absolute Gasteiger partial charge is 0.334 e. The van der Waals surface area contributed by atoms with Gasteiger partial charge in [-0.15, -0.1) is 0 Å². The van der Waals surface area contributed by atoms with Crippen LogP contribution < -0.4 is 5.32 Å². The van der Waals surface area contributed by atoms with Gasteiger partial charge < -0.3 is 5.32 Å². The minimum absolute atomic E-state index is 0.241. The molecule has 1 amide bonds. The molecule has 0 aliphatic heterocycles. The first-order chi connectivity index (χ1) is 8.06. The minimum atomic E-state index is -0.670. The lowest BCUT2D eigenvalue weighted by Crippen LogP contribution is -2.52. The Balaban J connectivity index is 2.18. The van der Waals surface area contributed by atoms with Crippen molar-refractivity contribution < 1.29 is 4.79 Å². The predicted molar refractivity (Wildman–Crippen MR) is 68.8 cm³/mol. The standard InChI is InChI=1S/C12H10BrClN2O/c13-10-6-8(14)2-3-9(10)11(17)16-12(7-15)4-1-5-12/h2-3,6H,1,4-5H2,(H,16,17). The van der Waals surface area contributed by atoms with Crippen molar-refractivity contribution in [1.82, 2.24) is 5.32 Å². The number of hydrogen-bond acceptors (Lipinski definition) is 2. The van der Waals surface area contributed by atoms with Gasteiger partial charge in [-0.2, -0.15) is 5.26 Å². The lowest BCUT2D eigenvalue weighted by Gasteiger charge is -2.35. The van der Waals surface area contributed by atoms with Crippen LogP contribution in [0.1, 0.15) is 29.6 Å². The number of rotatable bonds is 2. The number of nitrogens with zero attached hydrogens (tertiary/aromatic N) is 1. The van der Waals surface area contributed by atoms with Crippen molar-refractivity contribution in [3.05, 3.63) is 33.3 Å². The molecule has 0 heterocycles. The molecular formula is C12H10BrClN2O. The summed E-state index contributed by atoms with van der Waals surface area (Å²) in [7, 11) is 0. The fourth-order valence-electron chi connectivity index (χ4n) is 1.75. The van der Waals surface area contributed by atoms with Gasteiger partial charge in [-0.25, -0.2) is 0 Å². The zero-order valence-corrected chi connectivity index (χ0v) is 11.3. The van der Waals surface area contributed by atoms with Gasteiger partial charge in [-0.05, 0) is 53.4 Å². The summed E-state index contributed by atoms with van der Waals surface area (Å²) in [6.45, 7) is 0. The third-order valence-electron chi connectivity index (χ3n) is 2.95. The predicted octanol–water partition coefficient (Wildman–Crippen LogP) is 3.28. The van der Waals surface area contributed by atoms with Gasteiger partial charge >= 0.3 is 0 Å². The van der Waals surface area contributed by atoms with E-state index in [1.54, 1.807) is 18.2 Å². The Labute approximate surface area is 113 Å². The maximum atomic E-state index is 12.0. The second-order valence-electron chi connectivity index (χ2n) is 4.13. The molecule has 88 valence electrons. The SMILES string of the molecule is N#CC1(NC(=O)c2ccc(Cl)cc2Br)CCC1. The lowest BCUT2D eigenvalue weighted by atomic mass is 9.78. The maximum absolute atomic E-state index is 12.0. The second kappa shape index (κ2) is 4.67. The molecule has 5 heteroatoms. The molecule has 1 aromatic rings. The van der Waals surface area contributed by atoms with Crippen molar-refractivity contribution in [3.8, 4) is 6.07 Å². The fourth-order valence-corrected chi connectivity index (χ4v) is 2.62. The number of nitrogens with one attached hydrogen (secondary N) is 1. The Bertz CT molecular complexity index is 506. The average Bonchev–Trinajstić information content (AvgIpc) is 2.23. The van der Waals surface area contributed by atoms with Gasteiger partial charge in [0.25, 0.3) is 5.91 Å². The van der Waals surface area contributed by atoms with Crippen LogP contribution >= 0.6 is 27.5 Å².